The van der Waals surface area contributed by atoms with Gasteiger partial charge in [0, 0.05) is 22.8 Å². The molecular weight excluding hydrogens is 394 g/mol. The number of anilines is 1. The Balaban J connectivity index is 1.76. The van der Waals surface area contributed by atoms with E-state index in [1.54, 1.807) is 37.4 Å². The van der Waals surface area contributed by atoms with Crippen molar-refractivity contribution in [2.75, 3.05) is 18.9 Å². The molecule has 0 aliphatic carbocycles. The van der Waals surface area contributed by atoms with Crippen molar-refractivity contribution in [3.05, 3.63) is 58.6 Å². The molecule has 24 heavy (non-hydrogen) atoms. The summed E-state index contributed by atoms with van der Waals surface area (Å²) in [5, 5.41) is 2.77. The van der Waals surface area contributed by atoms with Gasteiger partial charge in [-0.1, -0.05) is 34.1 Å². The lowest BCUT2D eigenvalue weighted by Gasteiger charge is -2.18. The van der Waals surface area contributed by atoms with Gasteiger partial charge in [-0.2, -0.15) is 8.42 Å². The lowest BCUT2D eigenvalue weighted by molar-refractivity contribution is -0.116. The quantitative estimate of drug-likeness (QED) is 0.847. The van der Waals surface area contributed by atoms with Gasteiger partial charge in [-0.3, -0.25) is 4.79 Å². The van der Waals surface area contributed by atoms with Crippen LogP contribution in [0.5, 0.6) is 0 Å². The maximum absolute atomic E-state index is 12.2. The van der Waals surface area contributed by atoms with Gasteiger partial charge >= 0.3 is 0 Å². The molecule has 0 aromatic heterocycles. The topological polar surface area (TPSA) is 78.8 Å². The normalized spacial score (nSPS) is 14.7. The number of carbonyl (C=O) groups is 1. The highest BCUT2D eigenvalue weighted by atomic mass is 79.9. The van der Waals surface area contributed by atoms with Gasteiger partial charge < -0.3 is 10.2 Å². The van der Waals surface area contributed by atoms with Crippen molar-refractivity contribution in [3.8, 4) is 0 Å². The number of amides is 1. The third kappa shape index (κ3) is 3.34. The van der Waals surface area contributed by atoms with Crippen LogP contribution in [0.4, 0.5) is 5.69 Å². The molecule has 6 nitrogen and oxygen atoms in total. The zero-order chi connectivity index (χ0) is 17.3. The zero-order valence-electron chi connectivity index (χ0n) is 12.7. The predicted octanol–water partition coefficient (Wildman–Crippen LogP) is 2.47. The Morgan fingerprint density at radius 2 is 1.96 bits per heavy atom. The van der Waals surface area contributed by atoms with Crippen LogP contribution < -0.4 is 5.32 Å². The summed E-state index contributed by atoms with van der Waals surface area (Å²) in [7, 11) is -2.06. The van der Waals surface area contributed by atoms with E-state index < -0.39 is 10.0 Å². The van der Waals surface area contributed by atoms with Crippen LogP contribution in [0, 0.1) is 0 Å². The molecule has 0 saturated heterocycles. The number of sulfonamides is 1. The minimum atomic E-state index is -3.69. The molecule has 1 aliphatic rings. The Morgan fingerprint density at radius 1 is 1.21 bits per heavy atom. The molecule has 0 saturated carbocycles. The first kappa shape index (κ1) is 16.7. The number of rotatable bonds is 3. The maximum atomic E-state index is 12.2. The minimum absolute atomic E-state index is 0.0186. The van der Waals surface area contributed by atoms with Crippen LogP contribution in [-0.4, -0.2) is 38.7 Å². The average Bonchev–Trinajstić information content (AvgIpc) is 2.79. The molecule has 1 N–H and O–H groups in total. The van der Waals surface area contributed by atoms with E-state index in [2.05, 4.69) is 25.6 Å². The van der Waals surface area contributed by atoms with E-state index in [0.29, 0.717) is 11.3 Å². The summed E-state index contributed by atoms with van der Waals surface area (Å²) in [6.45, 7) is -0.0186. The van der Waals surface area contributed by atoms with Crippen molar-refractivity contribution < 1.29 is 13.2 Å². The second kappa shape index (κ2) is 6.37. The predicted molar refractivity (Wildman–Crippen MR) is 95.6 cm³/mol. The van der Waals surface area contributed by atoms with Gasteiger partial charge in [0.05, 0.1) is 6.54 Å². The molecule has 8 heteroatoms. The molecule has 2 aromatic carbocycles. The summed E-state index contributed by atoms with van der Waals surface area (Å²) in [6.07, 6.45) is 0. The largest absolute Gasteiger partial charge is 0.349 e. The van der Waals surface area contributed by atoms with Crippen molar-refractivity contribution in [1.29, 1.82) is 0 Å². The van der Waals surface area contributed by atoms with Crippen LogP contribution >= 0.6 is 15.9 Å². The van der Waals surface area contributed by atoms with E-state index >= 15 is 0 Å². The van der Waals surface area contributed by atoms with Gasteiger partial charge in [0.15, 0.2) is 5.84 Å². The number of nitrogens with zero attached hydrogens (tertiary/aromatic N) is 2. The van der Waals surface area contributed by atoms with Crippen molar-refractivity contribution in [2.24, 2.45) is 4.40 Å². The number of likely N-dealkylation sites (N-methyl/N-ethyl adjacent to an activating group) is 1. The number of fused-ring (bicyclic) bond motifs is 1. The molecule has 1 aliphatic heterocycles. The number of hydrogen-bond acceptors (Lipinski definition) is 4. The minimum Gasteiger partial charge on any atom is -0.349 e. The number of nitrogens with one attached hydrogen (secondary N) is 1. The molecule has 0 bridgehead atoms. The smallest absolute Gasteiger partial charge is 0.285 e. The molecule has 0 radical (unpaired) electrons. The second-order valence-electron chi connectivity index (χ2n) is 5.30. The summed E-state index contributed by atoms with van der Waals surface area (Å²) >= 11 is 3.34. The van der Waals surface area contributed by atoms with E-state index in [9.17, 15) is 13.2 Å². The average molecular weight is 408 g/mol. The van der Waals surface area contributed by atoms with Crippen LogP contribution in [0.1, 0.15) is 5.56 Å². The molecule has 0 fully saturated rings. The molecule has 1 heterocycles. The number of halogens is 1. The Kier molecular flexibility index (Phi) is 4.42. The molecule has 0 atom stereocenters. The van der Waals surface area contributed by atoms with Gasteiger partial charge in [0.25, 0.3) is 10.0 Å². The fourth-order valence-corrected chi connectivity index (χ4v) is 4.07. The summed E-state index contributed by atoms with van der Waals surface area (Å²) in [6, 6.07) is 13.8. The second-order valence-corrected chi connectivity index (χ2v) is 7.79. The van der Waals surface area contributed by atoms with Gasteiger partial charge in [-0.05, 0) is 30.3 Å². The Morgan fingerprint density at radius 3 is 2.71 bits per heavy atom. The summed E-state index contributed by atoms with van der Waals surface area (Å²) in [4.78, 5) is 13.9. The molecule has 0 unspecified atom stereocenters. The van der Waals surface area contributed by atoms with E-state index in [0.717, 1.165) is 4.47 Å². The highest BCUT2D eigenvalue weighted by Gasteiger charge is 2.30. The summed E-state index contributed by atoms with van der Waals surface area (Å²) in [5.74, 6) is 0.00933. The first-order chi connectivity index (χ1) is 11.4. The molecule has 3 rings (SSSR count). The standard InChI is InChI=1S/C16H14BrN3O3S/c1-20(10-15(21)18-12-6-4-5-11(17)9-12)16-13-7-2-3-8-14(13)24(22,23)19-16/h2-9H,10H2,1H3,(H,18,21). The van der Waals surface area contributed by atoms with Crippen LogP contribution in [0.2, 0.25) is 0 Å². The fourth-order valence-electron chi connectivity index (χ4n) is 2.42. The molecule has 1 amide bonds. The van der Waals surface area contributed by atoms with Crippen molar-refractivity contribution in [2.45, 2.75) is 4.90 Å². The van der Waals surface area contributed by atoms with Gasteiger partial charge in [0.1, 0.15) is 4.90 Å². The highest BCUT2D eigenvalue weighted by Crippen LogP contribution is 2.26. The molecule has 2 aromatic rings. The number of amidine groups is 1. The van der Waals surface area contributed by atoms with Crippen LogP contribution in [0.15, 0.2) is 62.3 Å². The summed E-state index contributed by atoms with van der Waals surface area (Å²) < 4.78 is 28.8. The van der Waals surface area contributed by atoms with Crippen LogP contribution in [0.25, 0.3) is 0 Å². The third-order valence-corrected chi connectivity index (χ3v) is 5.28. The number of benzene rings is 2. The SMILES string of the molecule is CN(CC(=O)Nc1cccc(Br)c1)C1=NS(=O)(=O)c2ccccc21. The molecule has 124 valence electrons. The first-order valence-corrected chi connectivity index (χ1v) is 9.31. The van der Waals surface area contributed by atoms with Crippen LogP contribution in [0.3, 0.4) is 0 Å². The van der Waals surface area contributed by atoms with E-state index in [4.69, 9.17) is 0 Å². The van der Waals surface area contributed by atoms with Crippen molar-refractivity contribution in [3.63, 3.8) is 0 Å². The van der Waals surface area contributed by atoms with E-state index in [1.807, 2.05) is 12.1 Å². The summed E-state index contributed by atoms with van der Waals surface area (Å²) in [5.41, 5.74) is 1.17. The van der Waals surface area contributed by atoms with Gasteiger partial charge in [-0.15, -0.1) is 4.40 Å². The highest BCUT2D eigenvalue weighted by molar-refractivity contribution is 9.10. The lowest BCUT2D eigenvalue weighted by atomic mass is 10.2. The van der Waals surface area contributed by atoms with E-state index in [-0.39, 0.29) is 23.2 Å². The molecular formula is C16H14BrN3O3S. The zero-order valence-corrected chi connectivity index (χ0v) is 15.1. The van der Waals surface area contributed by atoms with Gasteiger partial charge in [0.2, 0.25) is 5.91 Å². The Labute approximate surface area is 148 Å². The Hall–Kier alpha value is -2.19. The van der Waals surface area contributed by atoms with Crippen molar-refractivity contribution >= 4 is 43.4 Å². The fraction of sp³-hybridized carbons (Fsp3) is 0.125. The van der Waals surface area contributed by atoms with Gasteiger partial charge in [-0.25, -0.2) is 0 Å². The monoisotopic (exact) mass is 407 g/mol. The first-order valence-electron chi connectivity index (χ1n) is 7.08. The third-order valence-electron chi connectivity index (χ3n) is 3.46. The maximum Gasteiger partial charge on any atom is 0.285 e. The number of hydrogen-bond donors (Lipinski definition) is 1. The Bertz CT molecular complexity index is 941. The lowest BCUT2D eigenvalue weighted by Crippen LogP contribution is -2.34. The molecule has 0 spiro atoms. The number of carbonyl (C=O) groups excluding carboxylic acids is 1. The van der Waals surface area contributed by atoms with Crippen molar-refractivity contribution in [1.82, 2.24) is 4.90 Å². The van der Waals surface area contributed by atoms with E-state index in [1.165, 1.54) is 11.0 Å². The van der Waals surface area contributed by atoms with Crippen LogP contribution in [-0.2, 0) is 14.8 Å².